The number of nitrogens with zero attached hydrogens (tertiary/aromatic N) is 7. The van der Waals surface area contributed by atoms with Crippen molar-refractivity contribution in [3.8, 4) is 22.8 Å². The highest BCUT2D eigenvalue weighted by Crippen LogP contribution is 2.32. The second-order valence-corrected chi connectivity index (χ2v) is 15.5. The highest BCUT2D eigenvalue weighted by molar-refractivity contribution is 5.90. The van der Waals surface area contributed by atoms with Crippen molar-refractivity contribution in [1.82, 2.24) is 44.5 Å². The Morgan fingerprint density at radius 1 is 0.845 bits per heavy atom. The Balaban J connectivity index is 0.994. The summed E-state index contributed by atoms with van der Waals surface area (Å²) in [5.74, 6) is 2.74. The molecular formula is C46H53N9O3. The summed E-state index contributed by atoms with van der Waals surface area (Å²) in [7, 11) is 2.14. The maximum Gasteiger partial charge on any atom is 0.244 e. The molecule has 58 heavy (non-hydrogen) atoms. The molecule has 0 unspecified atom stereocenters. The molecule has 1 aliphatic heterocycles. The third-order valence-corrected chi connectivity index (χ3v) is 11.1. The molecule has 4 heterocycles. The fourth-order valence-corrected chi connectivity index (χ4v) is 8.10. The average molecular weight is 780 g/mol. The first-order valence-electron chi connectivity index (χ1n) is 20.7. The normalized spacial score (nSPS) is 15.5. The van der Waals surface area contributed by atoms with Gasteiger partial charge in [0.1, 0.15) is 23.2 Å². The van der Waals surface area contributed by atoms with E-state index in [0.717, 1.165) is 102 Å². The van der Waals surface area contributed by atoms with Gasteiger partial charge in [0.25, 0.3) is 0 Å². The van der Waals surface area contributed by atoms with Crippen LogP contribution in [0.1, 0.15) is 56.7 Å². The molecule has 1 atom stereocenters. The summed E-state index contributed by atoms with van der Waals surface area (Å²) in [6.07, 6.45) is 12.4. The molecule has 1 saturated heterocycles. The summed E-state index contributed by atoms with van der Waals surface area (Å²) >= 11 is 0. The minimum absolute atomic E-state index is 0.0688. The Kier molecular flexibility index (Phi) is 11.9. The van der Waals surface area contributed by atoms with Crippen molar-refractivity contribution in [3.05, 3.63) is 114 Å². The van der Waals surface area contributed by atoms with E-state index in [2.05, 4.69) is 63.9 Å². The zero-order chi connectivity index (χ0) is 40.0. The molecule has 6 aromatic rings. The first kappa shape index (κ1) is 39.0. The number of hydrogen-bond donors (Lipinski definition) is 2. The van der Waals surface area contributed by atoms with Gasteiger partial charge in [-0.25, -0.2) is 15.0 Å². The lowest BCUT2D eigenvalue weighted by molar-refractivity contribution is -0.137. The molecule has 2 amide bonds. The van der Waals surface area contributed by atoms with Crippen LogP contribution in [0.4, 0.5) is 0 Å². The zero-order valence-electron chi connectivity index (χ0n) is 33.8. The number of benzene rings is 3. The SMILES string of the molecule is CCCN(Cc1nc2c(-c3ncc(-c4ccc5nc(CN(CCC)C(=O)[C@@H](C6=CCCC=C6)N6CCN(C)CC6)[nH]c5c4)o3)cccc2[nH]1)C(=O)Cc1ccccc1. The highest BCUT2D eigenvalue weighted by atomic mass is 16.4. The number of nitrogens with one attached hydrogen (secondary N) is 2. The monoisotopic (exact) mass is 779 g/mol. The van der Waals surface area contributed by atoms with Crippen LogP contribution in [0.15, 0.2) is 101 Å². The highest BCUT2D eigenvalue weighted by Gasteiger charge is 2.34. The lowest BCUT2D eigenvalue weighted by atomic mass is 9.97. The van der Waals surface area contributed by atoms with E-state index in [1.54, 1.807) is 6.20 Å². The summed E-state index contributed by atoms with van der Waals surface area (Å²) in [4.78, 5) is 57.7. The number of aromatic nitrogens is 5. The van der Waals surface area contributed by atoms with Crippen LogP contribution in [-0.2, 0) is 29.1 Å². The van der Waals surface area contributed by atoms with Gasteiger partial charge in [-0.1, -0.05) is 68.5 Å². The van der Waals surface area contributed by atoms with Crippen LogP contribution in [0.2, 0.25) is 0 Å². The molecule has 12 heteroatoms. The van der Waals surface area contributed by atoms with Crippen LogP contribution in [0, 0.1) is 0 Å². The predicted octanol–water partition coefficient (Wildman–Crippen LogP) is 7.37. The number of carbonyl (C=O) groups is 2. The molecule has 1 aliphatic carbocycles. The van der Waals surface area contributed by atoms with Crippen LogP contribution in [0.5, 0.6) is 0 Å². The lowest BCUT2D eigenvalue weighted by Gasteiger charge is -2.40. The van der Waals surface area contributed by atoms with E-state index in [1.807, 2.05) is 76.5 Å². The van der Waals surface area contributed by atoms with Gasteiger partial charge in [-0.3, -0.25) is 14.5 Å². The second-order valence-electron chi connectivity index (χ2n) is 15.5. The van der Waals surface area contributed by atoms with Crippen molar-refractivity contribution in [3.63, 3.8) is 0 Å². The van der Waals surface area contributed by atoms with Crippen LogP contribution >= 0.6 is 0 Å². The summed E-state index contributed by atoms with van der Waals surface area (Å²) in [6, 6.07) is 21.4. The van der Waals surface area contributed by atoms with E-state index in [0.29, 0.717) is 50.1 Å². The quantitative estimate of drug-likeness (QED) is 0.111. The van der Waals surface area contributed by atoms with Gasteiger partial charge >= 0.3 is 0 Å². The maximum atomic E-state index is 14.4. The lowest BCUT2D eigenvalue weighted by Crippen LogP contribution is -2.55. The predicted molar refractivity (Wildman–Crippen MR) is 228 cm³/mol. The fourth-order valence-electron chi connectivity index (χ4n) is 8.10. The van der Waals surface area contributed by atoms with Crippen LogP contribution in [-0.4, -0.2) is 109 Å². The number of likely N-dealkylation sites (N-methyl/N-ethyl adjacent to an activating group) is 1. The van der Waals surface area contributed by atoms with Crippen molar-refractivity contribution in [2.24, 2.45) is 0 Å². The van der Waals surface area contributed by atoms with Crippen molar-refractivity contribution in [2.45, 2.75) is 65.1 Å². The standard InChI is InChI=1S/C46H53N9O3/c1-4-21-54(42(56)27-32-13-8-6-9-14-32)30-41-49-37-18-12-17-35(43(37)51-41)45-47-29-39(58-45)34-19-20-36-38(28-34)50-40(48-36)31-55(22-5-2)46(57)44(33-15-10-7-11-16-33)53-25-23-52(3)24-26-53/h6,8-10,12-20,28-29,44H,4-5,7,11,21-27,30-31H2,1-3H3,(H,48,50)(H,49,51)/t44-/m1/s1. The molecule has 0 radical (unpaired) electrons. The Labute approximate surface area is 339 Å². The van der Waals surface area contributed by atoms with E-state index < -0.39 is 0 Å². The zero-order valence-corrected chi connectivity index (χ0v) is 33.8. The minimum Gasteiger partial charge on any atom is -0.436 e. The minimum atomic E-state index is -0.294. The number of H-pyrrole nitrogens is 2. The summed E-state index contributed by atoms with van der Waals surface area (Å²) in [6.45, 7) is 9.89. The molecule has 3 aromatic carbocycles. The Bertz CT molecular complexity index is 2420. The molecule has 300 valence electrons. The van der Waals surface area contributed by atoms with E-state index >= 15 is 0 Å². The third kappa shape index (κ3) is 8.68. The second kappa shape index (κ2) is 17.7. The van der Waals surface area contributed by atoms with Crippen LogP contribution in [0.25, 0.3) is 44.8 Å². The molecular weight excluding hydrogens is 727 g/mol. The van der Waals surface area contributed by atoms with Gasteiger partial charge in [-0.2, -0.15) is 0 Å². The number of aromatic amines is 2. The van der Waals surface area contributed by atoms with Crippen molar-refractivity contribution in [2.75, 3.05) is 46.3 Å². The number of hydrogen-bond acceptors (Lipinski definition) is 8. The Morgan fingerprint density at radius 2 is 1.60 bits per heavy atom. The summed E-state index contributed by atoms with van der Waals surface area (Å²) < 4.78 is 6.39. The number of carbonyl (C=O) groups excluding carboxylic acids is 2. The van der Waals surface area contributed by atoms with Gasteiger partial charge in [-0.15, -0.1) is 0 Å². The van der Waals surface area contributed by atoms with Gasteiger partial charge in [0.05, 0.1) is 47.8 Å². The topological polar surface area (TPSA) is 130 Å². The number of amides is 2. The maximum absolute atomic E-state index is 14.4. The van der Waals surface area contributed by atoms with E-state index in [4.69, 9.17) is 14.4 Å². The van der Waals surface area contributed by atoms with Crippen molar-refractivity contribution in [1.29, 1.82) is 0 Å². The van der Waals surface area contributed by atoms with Crippen LogP contribution < -0.4 is 0 Å². The first-order valence-corrected chi connectivity index (χ1v) is 20.7. The first-order chi connectivity index (χ1) is 28.4. The molecule has 2 aliphatic rings. The Morgan fingerprint density at radius 3 is 2.38 bits per heavy atom. The van der Waals surface area contributed by atoms with Gasteiger partial charge in [0, 0.05) is 44.8 Å². The number of para-hydroxylation sites is 1. The van der Waals surface area contributed by atoms with Gasteiger partial charge in [-0.05, 0) is 74.2 Å². The van der Waals surface area contributed by atoms with Gasteiger partial charge in [0.15, 0.2) is 5.76 Å². The Hall–Kier alpha value is -5.85. The largest absolute Gasteiger partial charge is 0.436 e. The molecule has 12 nitrogen and oxygen atoms in total. The molecule has 0 spiro atoms. The summed E-state index contributed by atoms with van der Waals surface area (Å²) in [5.41, 5.74) is 7.00. The van der Waals surface area contributed by atoms with E-state index in [-0.39, 0.29) is 17.9 Å². The number of allylic oxidation sites excluding steroid dienone is 2. The molecule has 2 N–H and O–H groups in total. The number of rotatable bonds is 15. The van der Waals surface area contributed by atoms with Crippen molar-refractivity contribution < 1.29 is 14.0 Å². The average Bonchev–Trinajstić information content (AvgIpc) is 4.00. The van der Waals surface area contributed by atoms with Gasteiger partial charge < -0.3 is 29.1 Å². The number of fused-ring (bicyclic) bond motifs is 2. The van der Waals surface area contributed by atoms with E-state index in [1.165, 1.54) is 0 Å². The van der Waals surface area contributed by atoms with Crippen LogP contribution in [0.3, 0.4) is 0 Å². The molecule has 3 aromatic heterocycles. The molecule has 0 saturated carbocycles. The van der Waals surface area contributed by atoms with E-state index in [9.17, 15) is 9.59 Å². The number of oxazole rings is 1. The number of piperazine rings is 1. The third-order valence-electron chi connectivity index (χ3n) is 11.1. The van der Waals surface area contributed by atoms with Gasteiger partial charge in [0.2, 0.25) is 17.7 Å². The van der Waals surface area contributed by atoms with Crippen molar-refractivity contribution >= 4 is 33.9 Å². The fraction of sp³-hybridized carbons (Fsp3) is 0.370. The number of imidazole rings is 2. The molecule has 0 bridgehead atoms. The summed E-state index contributed by atoms with van der Waals surface area (Å²) in [5, 5.41) is 0. The molecule has 8 rings (SSSR count). The smallest absolute Gasteiger partial charge is 0.244 e. The molecule has 1 fully saturated rings.